The zero-order valence-electron chi connectivity index (χ0n) is 11.0. The first-order chi connectivity index (χ1) is 8.15. The summed E-state index contributed by atoms with van der Waals surface area (Å²) in [5.41, 5.74) is 3.69. The van der Waals surface area contributed by atoms with Crippen LogP contribution in [0.4, 0.5) is 4.79 Å². The second-order valence-electron chi connectivity index (χ2n) is 5.61. The Hall–Kier alpha value is -0.890. The molecule has 1 unspecified atom stereocenters. The molecule has 1 amide bonds. The van der Waals surface area contributed by atoms with E-state index in [1.54, 1.807) is 20.8 Å². The van der Waals surface area contributed by atoms with Gasteiger partial charge in [-0.05, 0) is 20.8 Å². The number of hydrogen-bond acceptors (Lipinski definition) is 6. The maximum Gasteiger partial charge on any atom is 0.408 e. The fourth-order valence-electron chi connectivity index (χ4n) is 1.65. The number of aliphatic hydroxyl groups excluding tert-OH is 1. The lowest BCUT2D eigenvalue weighted by atomic mass is 9.93. The van der Waals surface area contributed by atoms with E-state index in [9.17, 15) is 9.90 Å². The molecule has 7 heteroatoms. The fourth-order valence-corrected chi connectivity index (χ4v) is 1.65. The molecule has 1 heterocycles. The third-order valence-electron chi connectivity index (χ3n) is 2.54. The second kappa shape index (κ2) is 5.40. The number of alkyl carbamates (subject to hydrolysis) is 1. The lowest BCUT2D eigenvalue weighted by Crippen LogP contribution is -2.60. The van der Waals surface area contributed by atoms with Crippen LogP contribution in [0.3, 0.4) is 0 Å². The number of aliphatic hydroxyl groups is 2. The topological polar surface area (TPSA) is 114 Å². The summed E-state index contributed by atoms with van der Waals surface area (Å²) in [4.78, 5) is 11.6. The number of ether oxygens (including phenoxy) is 2. The van der Waals surface area contributed by atoms with E-state index in [0.29, 0.717) is 0 Å². The molecule has 1 aliphatic heterocycles. The van der Waals surface area contributed by atoms with Crippen molar-refractivity contribution >= 4 is 6.09 Å². The quantitative estimate of drug-likeness (QED) is 0.523. The van der Waals surface area contributed by atoms with Crippen LogP contribution >= 0.6 is 0 Å². The summed E-state index contributed by atoms with van der Waals surface area (Å²) in [5, 5.41) is 21.5. The molecule has 1 fully saturated rings. The number of amides is 1. The average Bonchev–Trinajstić information content (AvgIpc) is 2.21. The highest BCUT2D eigenvalue weighted by atomic mass is 16.6. The molecule has 0 aromatic heterocycles. The van der Waals surface area contributed by atoms with E-state index in [0.717, 1.165) is 0 Å². The first kappa shape index (κ1) is 15.2. The first-order valence-electron chi connectivity index (χ1n) is 5.85. The fraction of sp³-hybridized carbons (Fsp3) is 0.909. The number of rotatable bonds is 2. The normalized spacial score (nSPS) is 33.0. The van der Waals surface area contributed by atoms with Gasteiger partial charge in [0.05, 0.1) is 19.3 Å². The Labute approximate surface area is 106 Å². The third kappa shape index (κ3) is 4.41. The van der Waals surface area contributed by atoms with E-state index in [4.69, 9.17) is 20.3 Å². The molecule has 7 nitrogen and oxygen atoms in total. The van der Waals surface area contributed by atoms with Gasteiger partial charge in [0.2, 0.25) is 0 Å². The summed E-state index contributed by atoms with van der Waals surface area (Å²) in [6, 6.07) is -0.606. The predicted octanol–water partition coefficient (Wildman–Crippen LogP) is -0.692. The summed E-state index contributed by atoms with van der Waals surface area (Å²) < 4.78 is 10.2. The van der Waals surface area contributed by atoms with Crippen molar-refractivity contribution < 1.29 is 24.5 Å². The van der Waals surface area contributed by atoms with Crippen molar-refractivity contribution in [3.05, 3.63) is 0 Å². The van der Waals surface area contributed by atoms with Gasteiger partial charge in [-0.3, -0.25) is 0 Å². The first-order valence-corrected chi connectivity index (χ1v) is 5.85. The monoisotopic (exact) mass is 262 g/mol. The molecule has 0 saturated carbocycles. The molecule has 18 heavy (non-hydrogen) atoms. The zero-order valence-corrected chi connectivity index (χ0v) is 11.0. The van der Waals surface area contributed by atoms with Crippen molar-refractivity contribution in [3.8, 4) is 0 Å². The Morgan fingerprint density at radius 2 is 2.22 bits per heavy atom. The molecular weight excluding hydrogens is 240 g/mol. The lowest BCUT2D eigenvalue weighted by Gasteiger charge is -2.39. The van der Waals surface area contributed by atoms with Crippen LogP contribution in [-0.2, 0) is 9.47 Å². The molecule has 1 rings (SSSR count). The van der Waals surface area contributed by atoms with Gasteiger partial charge in [-0.1, -0.05) is 0 Å². The summed E-state index contributed by atoms with van der Waals surface area (Å²) in [6.07, 6.45) is -1.25. The van der Waals surface area contributed by atoms with E-state index in [1.807, 2.05) is 0 Å². The van der Waals surface area contributed by atoms with Crippen molar-refractivity contribution in [3.63, 3.8) is 0 Å². The van der Waals surface area contributed by atoms with Gasteiger partial charge in [0, 0.05) is 6.42 Å². The number of nitrogens with one attached hydrogen (secondary N) is 1. The van der Waals surface area contributed by atoms with Crippen molar-refractivity contribution in [1.82, 2.24) is 5.32 Å². The Morgan fingerprint density at radius 3 is 2.72 bits per heavy atom. The molecule has 0 aromatic carbocycles. The van der Waals surface area contributed by atoms with E-state index in [2.05, 4.69) is 5.32 Å². The molecule has 0 bridgehead atoms. The van der Waals surface area contributed by atoms with Crippen molar-refractivity contribution in [2.75, 3.05) is 13.2 Å². The molecule has 106 valence electrons. The highest BCUT2D eigenvalue weighted by molar-refractivity contribution is 5.68. The van der Waals surface area contributed by atoms with Crippen LogP contribution in [0.1, 0.15) is 27.2 Å². The maximum atomic E-state index is 11.6. The number of carbonyl (C=O) groups excluding carboxylic acids is 1. The molecule has 0 spiro atoms. The van der Waals surface area contributed by atoms with Crippen molar-refractivity contribution in [1.29, 1.82) is 0 Å². The highest BCUT2D eigenvalue weighted by Gasteiger charge is 2.40. The van der Waals surface area contributed by atoms with E-state index in [-0.39, 0.29) is 13.0 Å². The van der Waals surface area contributed by atoms with E-state index >= 15 is 0 Å². The van der Waals surface area contributed by atoms with Crippen LogP contribution in [0.5, 0.6) is 0 Å². The molecule has 0 radical (unpaired) electrons. The average molecular weight is 262 g/mol. The number of carbonyl (C=O) groups is 1. The van der Waals surface area contributed by atoms with Crippen LogP contribution in [-0.4, -0.2) is 53.0 Å². The maximum absolute atomic E-state index is 11.6. The SMILES string of the molecule is CC(C)(C)OC(=O)N[C@H]1CC(O)(CO)CO[C@@H]1N. The van der Waals surface area contributed by atoms with Crippen LogP contribution in [0.15, 0.2) is 0 Å². The predicted molar refractivity (Wildman–Crippen MR) is 63.7 cm³/mol. The molecule has 1 aliphatic rings. The standard InChI is InChI=1S/C11H22N2O5/c1-10(2,3)18-9(15)13-7-4-11(16,5-14)6-17-8(7)12/h7-8,14,16H,4-6,12H2,1-3H3,(H,13,15)/t7-,8-,11?/m0/s1. The minimum absolute atomic E-state index is 0.0584. The molecule has 3 atom stereocenters. The van der Waals surface area contributed by atoms with Gasteiger partial charge in [-0.15, -0.1) is 0 Å². The zero-order chi connectivity index (χ0) is 14.0. The van der Waals surface area contributed by atoms with E-state index < -0.39 is 36.2 Å². The van der Waals surface area contributed by atoms with Crippen LogP contribution in [0, 0.1) is 0 Å². The third-order valence-corrected chi connectivity index (χ3v) is 2.54. The summed E-state index contributed by atoms with van der Waals surface area (Å²) in [7, 11) is 0. The van der Waals surface area contributed by atoms with Gasteiger partial charge in [0.1, 0.15) is 17.4 Å². The largest absolute Gasteiger partial charge is 0.444 e. The Kier molecular flexibility index (Phi) is 4.55. The van der Waals surface area contributed by atoms with Gasteiger partial charge < -0.3 is 30.7 Å². The molecule has 0 aliphatic carbocycles. The molecule has 5 N–H and O–H groups in total. The molecule has 0 aromatic rings. The highest BCUT2D eigenvalue weighted by Crippen LogP contribution is 2.21. The van der Waals surface area contributed by atoms with Gasteiger partial charge in [-0.25, -0.2) is 4.79 Å². The summed E-state index contributed by atoms with van der Waals surface area (Å²) >= 11 is 0. The second-order valence-corrected chi connectivity index (χ2v) is 5.61. The molecule has 1 saturated heterocycles. The van der Waals surface area contributed by atoms with Gasteiger partial charge in [0.25, 0.3) is 0 Å². The Bertz CT molecular complexity index is 304. The van der Waals surface area contributed by atoms with Gasteiger partial charge in [0.15, 0.2) is 0 Å². The van der Waals surface area contributed by atoms with Crippen LogP contribution in [0.25, 0.3) is 0 Å². The number of hydrogen-bond donors (Lipinski definition) is 4. The minimum atomic E-state index is -1.38. The van der Waals surface area contributed by atoms with Crippen LogP contribution < -0.4 is 11.1 Å². The molecular formula is C11H22N2O5. The van der Waals surface area contributed by atoms with Gasteiger partial charge >= 0.3 is 6.09 Å². The summed E-state index contributed by atoms with van der Waals surface area (Å²) in [5.74, 6) is 0. The van der Waals surface area contributed by atoms with E-state index in [1.165, 1.54) is 0 Å². The van der Waals surface area contributed by atoms with Crippen LogP contribution in [0.2, 0.25) is 0 Å². The van der Waals surface area contributed by atoms with Crippen molar-refractivity contribution in [2.45, 2.75) is 50.7 Å². The number of nitrogens with two attached hydrogens (primary N) is 1. The smallest absolute Gasteiger partial charge is 0.408 e. The van der Waals surface area contributed by atoms with Gasteiger partial charge in [-0.2, -0.15) is 0 Å². The Morgan fingerprint density at radius 1 is 1.61 bits per heavy atom. The van der Waals surface area contributed by atoms with Crippen molar-refractivity contribution in [2.24, 2.45) is 5.73 Å². The lowest BCUT2D eigenvalue weighted by molar-refractivity contribution is -0.149. The minimum Gasteiger partial charge on any atom is -0.444 e. The Balaban J connectivity index is 2.56. The summed E-state index contributed by atoms with van der Waals surface area (Å²) in [6.45, 7) is 4.72.